The van der Waals surface area contributed by atoms with E-state index in [9.17, 15) is 27.2 Å². The van der Waals surface area contributed by atoms with Crippen molar-refractivity contribution in [3.8, 4) is 22.2 Å². The number of carbonyl (C=O) groups excluding carboxylic acids is 3. The number of Topliss-reactive ketones (excluding diaryl/α,β-unsaturated/α-hetero) is 1. The van der Waals surface area contributed by atoms with Crippen LogP contribution in [-0.2, 0) is 30.8 Å². The number of benzene rings is 2. The molecule has 0 spiro atoms. The van der Waals surface area contributed by atoms with Crippen molar-refractivity contribution in [3.05, 3.63) is 82.6 Å². The van der Waals surface area contributed by atoms with Crippen LogP contribution in [0.3, 0.4) is 0 Å². The molecule has 4 aliphatic rings. The summed E-state index contributed by atoms with van der Waals surface area (Å²) < 4.78 is 54.5. The second-order valence-corrected chi connectivity index (χ2v) is 21.2. The number of rotatable bonds is 10. The number of pyridine rings is 1. The van der Waals surface area contributed by atoms with E-state index in [0.717, 1.165) is 52.9 Å². The number of sulfonamides is 1. The van der Waals surface area contributed by atoms with Crippen LogP contribution in [0.25, 0.3) is 21.6 Å². The smallest absolute Gasteiger partial charge is 0.240 e. The van der Waals surface area contributed by atoms with Gasteiger partial charge in [0.1, 0.15) is 34.1 Å². The van der Waals surface area contributed by atoms with E-state index in [-0.39, 0.29) is 48.7 Å². The largest absolute Gasteiger partial charge is 0.496 e. The van der Waals surface area contributed by atoms with Gasteiger partial charge in [0.15, 0.2) is 5.78 Å². The summed E-state index contributed by atoms with van der Waals surface area (Å²) >= 11 is 1.50. The second-order valence-electron chi connectivity index (χ2n) is 18.1. The fourth-order valence-corrected chi connectivity index (χ4v) is 11.3. The van der Waals surface area contributed by atoms with E-state index in [4.69, 9.17) is 19.4 Å². The van der Waals surface area contributed by atoms with E-state index < -0.39 is 44.2 Å². The predicted octanol–water partition coefficient (Wildman–Crippen LogP) is 8.63. The lowest BCUT2D eigenvalue weighted by Crippen LogP contribution is -2.47. The molecule has 2 aliphatic carbocycles. The topological polar surface area (TPSA) is 145 Å². The van der Waals surface area contributed by atoms with Crippen LogP contribution in [0.5, 0.6) is 11.5 Å². The van der Waals surface area contributed by atoms with Gasteiger partial charge in [-0.25, -0.2) is 22.8 Å². The van der Waals surface area contributed by atoms with Crippen molar-refractivity contribution in [2.75, 3.05) is 13.7 Å². The third-order valence-electron chi connectivity index (χ3n) is 13.4. The van der Waals surface area contributed by atoms with E-state index in [0.29, 0.717) is 54.8 Å². The first-order valence-corrected chi connectivity index (χ1v) is 23.9. The van der Waals surface area contributed by atoms with E-state index in [1.807, 2.05) is 42.7 Å². The van der Waals surface area contributed by atoms with Gasteiger partial charge in [0.05, 0.1) is 41.1 Å². The number of ketones is 1. The lowest BCUT2D eigenvalue weighted by Gasteiger charge is -2.29. The monoisotopic (exact) mass is 870 g/mol. The summed E-state index contributed by atoms with van der Waals surface area (Å²) in [5, 5.41) is 3.51. The lowest BCUT2D eigenvalue weighted by molar-refractivity contribution is -0.142. The Kier molecular flexibility index (Phi) is 11.9. The summed E-state index contributed by atoms with van der Waals surface area (Å²) in [6, 6.07) is 10.9. The zero-order valence-electron chi connectivity index (χ0n) is 35.5. The van der Waals surface area contributed by atoms with Crippen LogP contribution in [0.1, 0.15) is 108 Å². The molecule has 1 saturated heterocycles. The normalized spacial score (nSPS) is 25.9. The molecule has 2 amide bonds. The highest BCUT2D eigenvalue weighted by atomic mass is 32.2. The van der Waals surface area contributed by atoms with E-state index in [1.165, 1.54) is 23.5 Å². The van der Waals surface area contributed by atoms with Crippen LogP contribution >= 0.6 is 11.3 Å². The molecule has 2 aliphatic heterocycles. The average molecular weight is 871 g/mol. The second kappa shape index (κ2) is 16.9. The number of hydrogen-bond acceptors (Lipinski definition) is 10. The van der Waals surface area contributed by atoms with Crippen molar-refractivity contribution in [1.29, 1.82) is 0 Å². The number of aryl methyl sites for hydroxylation is 1. The zero-order chi connectivity index (χ0) is 43.3. The molecule has 3 fully saturated rings. The van der Waals surface area contributed by atoms with Crippen molar-refractivity contribution in [3.63, 3.8) is 0 Å². The Labute approximate surface area is 361 Å². The van der Waals surface area contributed by atoms with Crippen LogP contribution in [0.2, 0.25) is 0 Å². The SMILES string of the molecule is COc1ccc2c(O[C@@H]3C[C@H]4C(=O)C[C@]5(C(=O)NS(=O)(=O)C6(C)CC6)C[C@H]5/C=C\CCCCC[C@H](Cc5ccc(F)cc5)C(=O)N4C3)cc(-c3nc(C(C)C)cs3)nc2c1C. The number of thiazole rings is 1. The number of amides is 2. The number of ether oxygens (including phenoxy) is 2. The zero-order valence-corrected chi connectivity index (χ0v) is 37.2. The van der Waals surface area contributed by atoms with Crippen molar-refractivity contribution in [1.82, 2.24) is 19.6 Å². The third kappa shape index (κ3) is 8.71. The Balaban J connectivity index is 1.15. The number of carbonyl (C=O) groups is 3. The maximum Gasteiger partial charge on any atom is 0.240 e. The fraction of sp³-hybridized carbons (Fsp3) is 0.511. The Bertz CT molecular complexity index is 2480. The Morgan fingerprint density at radius 3 is 2.54 bits per heavy atom. The first-order valence-electron chi connectivity index (χ1n) is 21.5. The summed E-state index contributed by atoms with van der Waals surface area (Å²) in [6.45, 7) is 7.86. The molecule has 4 aromatic rings. The van der Waals surface area contributed by atoms with Gasteiger partial charge in [-0.05, 0) is 100 Å². The van der Waals surface area contributed by atoms with E-state index in [2.05, 4.69) is 18.6 Å². The molecule has 0 unspecified atom stereocenters. The molecule has 4 heterocycles. The van der Waals surface area contributed by atoms with E-state index in [1.54, 1.807) is 31.1 Å². The molecule has 324 valence electrons. The average Bonchev–Trinajstić information content (AvgIpc) is 4.00. The molecule has 8 rings (SSSR count). The minimum absolute atomic E-state index is 0.119. The Hall–Kier alpha value is -4.69. The highest BCUT2D eigenvalue weighted by Crippen LogP contribution is 2.58. The van der Waals surface area contributed by atoms with Crippen molar-refractivity contribution in [2.45, 2.75) is 121 Å². The van der Waals surface area contributed by atoms with Gasteiger partial charge in [-0.2, -0.15) is 0 Å². The molecule has 2 saturated carbocycles. The predicted molar refractivity (Wildman–Crippen MR) is 233 cm³/mol. The number of nitrogens with one attached hydrogen (secondary N) is 1. The Morgan fingerprint density at radius 1 is 1.07 bits per heavy atom. The molecule has 2 aromatic carbocycles. The van der Waals surface area contributed by atoms with Crippen LogP contribution < -0.4 is 14.2 Å². The van der Waals surface area contributed by atoms with E-state index >= 15 is 0 Å². The third-order valence-corrected chi connectivity index (χ3v) is 16.4. The molecule has 61 heavy (non-hydrogen) atoms. The summed E-state index contributed by atoms with van der Waals surface area (Å²) in [7, 11) is -2.34. The van der Waals surface area contributed by atoms with Gasteiger partial charge < -0.3 is 14.4 Å². The van der Waals surface area contributed by atoms with Crippen LogP contribution in [0.15, 0.2) is 60.0 Å². The molecule has 5 atom stereocenters. The van der Waals surface area contributed by atoms with Gasteiger partial charge in [-0.3, -0.25) is 19.1 Å². The number of halogens is 1. The number of nitrogens with zero attached hydrogens (tertiary/aromatic N) is 3. The summed E-state index contributed by atoms with van der Waals surface area (Å²) in [5.74, 6) is -0.878. The van der Waals surface area contributed by atoms with Gasteiger partial charge in [0, 0.05) is 41.2 Å². The number of fused-ring (bicyclic) bond motifs is 3. The molecule has 11 nitrogen and oxygen atoms in total. The number of aromatic nitrogens is 2. The fourth-order valence-electron chi connectivity index (χ4n) is 8.98. The molecule has 0 radical (unpaired) electrons. The number of allylic oxidation sites excluding steroid dienone is 2. The van der Waals surface area contributed by atoms with Gasteiger partial charge in [-0.15, -0.1) is 11.3 Å². The quantitative estimate of drug-likeness (QED) is 0.155. The van der Waals surface area contributed by atoms with Crippen molar-refractivity contribution in [2.24, 2.45) is 17.3 Å². The molecular formula is C47H55FN4O7S2. The summed E-state index contributed by atoms with van der Waals surface area (Å²) in [6.07, 6.45) is 8.88. The molecular weight excluding hydrogens is 816 g/mol. The maximum absolute atomic E-state index is 15.0. The van der Waals surface area contributed by atoms with Gasteiger partial charge >= 0.3 is 0 Å². The van der Waals surface area contributed by atoms with Gasteiger partial charge in [-0.1, -0.05) is 51.0 Å². The highest BCUT2D eigenvalue weighted by Gasteiger charge is 2.62. The highest BCUT2D eigenvalue weighted by molar-refractivity contribution is 7.91. The Morgan fingerprint density at radius 2 is 1.84 bits per heavy atom. The minimum atomic E-state index is -3.95. The molecule has 1 N–H and O–H groups in total. The lowest BCUT2D eigenvalue weighted by atomic mass is 9.90. The number of methoxy groups -OCH3 is 1. The van der Waals surface area contributed by atoms with Crippen molar-refractivity contribution < 1.29 is 36.7 Å². The molecule has 2 aromatic heterocycles. The van der Waals surface area contributed by atoms with Crippen LogP contribution in [-0.4, -0.2) is 71.4 Å². The first-order chi connectivity index (χ1) is 29.1. The summed E-state index contributed by atoms with van der Waals surface area (Å²) in [5.41, 5.74) is 2.67. The van der Waals surface area contributed by atoms with Crippen molar-refractivity contribution >= 4 is 49.9 Å². The van der Waals surface area contributed by atoms with Crippen LogP contribution in [0, 0.1) is 30.0 Å². The first kappa shape index (κ1) is 43.0. The summed E-state index contributed by atoms with van der Waals surface area (Å²) in [4.78, 5) is 55.4. The van der Waals surface area contributed by atoms with Crippen LogP contribution in [0.4, 0.5) is 4.39 Å². The number of hydrogen-bond donors (Lipinski definition) is 1. The minimum Gasteiger partial charge on any atom is -0.496 e. The maximum atomic E-state index is 15.0. The van der Waals surface area contributed by atoms with Gasteiger partial charge in [0.25, 0.3) is 0 Å². The molecule has 0 bridgehead atoms. The molecule has 14 heteroatoms. The van der Waals surface area contributed by atoms with Gasteiger partial charge in [0.2, 0.25) is 21.8 Å². The standard InChI is InChI=1S/C47H55FN4O7S2/c1-28(2)37-27-60-43(50-37)36-23-41(35-17-18-40(58-5)29(3)42(35)49-36)59-34-22-38-39(53)25-47(45(55)51-61(56,57)46(4)19-20-46)24-32(47)12-10-8-6-7-9-11-31(44(54)52(38)26-34)21-30-13-15-33(48)16-14-30/h10,12-18,23,27-28,31-32,34,38H,6-9,11,19-22,24-26H2,1-5H3,(H,51,55)/b12-10-/t31-,32-,34-,38+,47-/m1/s1.